The van der Waals surface area contributed by atoms with Gasteiger partial charge in [-0.3, -0.25) is 0 Å². The molecule has 0 aliphatic heterocycles. The first-order valence-corrected chi connectivity index (χ1v) is 15.1. The second-order valence-electron chi connectivity index (χ2n) is 14.1. The summed E-state index contributed by atoms with van der Waals surface area (Å²) >= 11 is 0. The molecular weight excluding hydrogens is 468 g/mol. The van der Waals surface area contributed by atoms with Gasteiger partial charge in [0.15, 0.2) is 0 Å². The largest absolute Gasteiger partial charge is 0.0557 e. The minimum Gasteiger partial charge on any atom is -0.0557 e. The van der Waals surface area contributed by atoms with E-state index in [0.717, 1.165) is 0 Å². The first-order chi connectivity index (χ1) is 18.7. The minimum atomic E-state index is 0.298. The van der Waals surface area contributed by atoms with Crippen molar-refractivity contribution >= 4 is 0 Å². The van der Waals surface area contributed by atoms with E-state index in [4.69, 9.17) is 0 Å². The molecule has 0 saturated heterocycles. The Morgan fingerprint density at radius 1 is 0.462 bits per heavy atom. The molecule has 2 atom stereocenters. The van der Waals surface area contributed by atoms with Crippen molar-refractivity contribution in [3.63, 3.8) is 0 Å². The van der Waals surface area contributed by atoms with Crippen LogP contribution in [0.5, 0.6) is 0 Å². The lowest BCUT2D eigenvalue weighted by Gasteiger charge is -2.51. The number of hydrogen-bond acceptors (Lipinski definition) is 0. The van der Waals surface area contributed by atoms with Gasteiger partial charge in [0.2, 0.25) is 0 Å². The second kappa shape index (κ2) is 7.54. The van der Waals surface area contributed by atoms with Crippen LogP contribution in [-0.4, -0.2) is 0 Å². The molecule has 8 rings (SSSR count). The zero-order chi connectivity index (χ0) is 26.9. The van der Waals surface area contributed by atoms with E-state index >= 15 is 0 Å². The zero-order valence-corrected chi connectivity index (χ0v) is 24.5. The molecule has 3 saturated carbocycles. The fourth-order valence-electron chi connectivity index (χ4n) is 10.7. The lowest BCUT2D eigenvalue weighted by atomic mass is 9.51. The molecule has 3 fully saturated rings. The van der Waals surface area contributed by atoms with Crippen molar-refractivity contribution in [3.05, 3.63) is 105 Å². The number of fused-ring (bicyclic) bond motifs is 3. The molecule has 0 aromatic heterocycles. The topological polar surface area (TPSA) is 0 Å². The van der Waals surface area contributed by atoms with Crippen LogP contribution in [0.2, 0.25) is 0 Å². The Kier molecular flexibility index (Phi) is 4.59. The van der Waals surface area contributed by atoms with Crippen LogP contribution in [-0.2, 0) is 10.8 Å². The lowest BCUT2D eigenvalue weighted by Crippen LogP contribution is -2.47. The summed E-state index contributed by atoms with van der Waals surface area (Å²) < 4.78 is 0. The van der Waals surface area contributed by atoms with Gasteiger partial charge in [-0.25, -0.2) is 0 Å². The molecule has 0 nitrogen and oxygen atoms in total. The van der Waals surface area contributed by atoms with Crippen molar-refractivity contribution in [2.45, 2.75) is 90.9 Å². The molecule has 0 amide bonds. The molecule has 4 aromatic carbocycles. The predicted octanol–water partition coefficient (Wildman–Crippen LogP) is 10.4. The zero-order valence-electron chi connectivity index (χ0n) is 24.5. The summed E-state index contributed by atoms with van der Waals surface area (Å²) in [6.07, 6.45) is 8.37. The van der Waals surface area contributed by atoms with E-state index < -0.39 is 0 Å². The summed E-state index contributed by atoms with van der Waals surface area (Å²) in [4.78, 5) is 0. The van der Waals surface area contributed by atoms with Gasteiger partial charge in [-0.2, -0.15) is 0 Å². The third-order valence-corrected chi connectivity index (χ3v) is 11.7. The van der Waals surface area contributed by atoms with Gasteiger partial charge in [0.25, 0.3) is 0 Å². The van der Waals surface area contributed by atoms with Gasteiger partial charge < -0.3 is 0 Å². The molecule has 0 heterocycles. The lowest BCUT2D eigenvalue weighted by molar-refractivity contribution is 0.231. The normalized spacial score (nSPS) is 27.4. The van der Waals surface area contributed by atoms with Crippen LogP contribution < -0.4 is 0 Å². The molecular formula is C39H40. The first-order valence-electron chi connectivity index (χ1n) is 15.1. The fraction of sp³-hybridized carbons (Fsp3) is 0.385. The number of benzene rings is 4. The molecule has 196 valence electrons. The third-order valence-electron chi connectivity index (χ3n) is 11.7. The molecule has 39 heavy (non-hydrogen) atoms. The maximum atomic E-state index is 2.65. The van der Waals surface area contributed by atoms with Gasteiger partial charge in [-0.1, -0.05) is 59.7 Å². The average Bonchev–Trinajstić information content (AvgIpc) is 3.51. The summed E-state index contributed by atoms with van der Waals surface area (Å²) in [6.45, 7) is 13.6. The van der Waals surface area contributed by atoms with E-state index in [-0.39, 0.29) is 0 Å². The van der Waals surface area contributed by atoms with E-state index in [2.05, 4.69) is 102 Å². The van der Waals surface area contributed by atoms with Crippen molar-refractivity contribution < 1.29 is 0 Å². The summed E-state index contributed by atoms with van der Waals surface area (Å²) in [5, 5.41) is 0. The first kappa shape index (κ1) is 23.7. The highest BCUT2D eigenvalue weighted by Crippen LogP contribution is 2.80. The van der Waals surface area contributed by atoms with Crippen molar-refractivity contribution in [3.8, 4) is 33.4 Å². The highest BCUT2D eigenvalue weighted by molar-refractivity contribution is 5.86. The van der Waals surface area contributed by atoms with E-state index in [9.17, 15) is 0 Å². The molecule has 4 aromatic rings. The Morgan fingerprint density at radius 3 is 1.23 bits per heavy atom. The predicted molar refractivity (Wildman–Crippen MR) is 165 cm³/mol. The summed E-state index contributed by atoms with van der Waals surface area (Å²) in [7, 11) is 0. The molecule has 0 radical (unpaired) electrons. The number of aryl methyl sites for hydroxylation is 6. The fourth-order valence-corrected chi connectivity index (χ4v) is 10.7. The van der Waals surface area contributed by atoms with Crippen LogP contribution in [0.1, 0.15) is 83.0 Å². The van der Waals surface area contributed by atoms with E-state index in [1.165, 1.54) is 105 Å². The maximum absolute atomic E-state index is 2.65. The second-order valence-corrected chi connectivity index (χ2v) is 14.1. The van der Waals surface area contributed by atoms with Gasteiger partial charge in [0.1, 0.15) is 0 Å². The van der Waals surface area contributed by atoms with Crippen LogP contribution in [0.15, 0.2) is 60.7 Å². The van der Waals surface area contributed by atoms with Gasteiger partial charge in [-0.15, -0.1) is 0 Å². The Bertz CT molecular complexity index is 1560. The van der Waals surface area contributed by atoms with Gasteiger partial charge in [-0.05, 0) is 164 Å². The van der Waals surface area contributed by atoms with Gasteiger partial charge in [0.05, 0.1) is 0 Å². The molecule has 3 spiro atoms. The van der Waals surface area contributed by atoms with E-state index in [1.807, 2.05) is 0 Å². The maximum Gasteiger partial charge on any atom is 0.00621 e. The van der Waals surface area contributed by atoms with Crippen molar-refractivity contribution in [1.29, 1.82) is 0 Å². The van der Waals surface area contributed by atoms with Crippen molar-refractivity contribution in [2.24, 2.45) is 5.41 Å². The number of rotatable bonds is 2. The van der Waals surface area contributed by atoms with Gasteiger partial charge in [0, 0.05) is 10.8 Å². The SMILES string of the molecule is Cc1cc(C)c(-c2ccc3c(c2)C24CCC5(CCC2(C5)c2cc(-c5c(C)cc(C)cc5C)ccc2-3)C4)c(C)c1. The van der Waals surface area contributed by atoms with Crippen LogP contribution in [0.4, 0.5) is 0 Å². The van der Waals surface area contributed by atoms with Crippen molar-refractivity contribution in [1.82, 2.24) is 0 Å². The highest BCUT2D eigenvalue weighted by atomic mass is 14.8. The Labute approximate surface area is 234 Å². The minimum absolute atomic E-state index is 0.298. The summed E-state index contributed by atoms with van der Waals surface area (Å²) in [5.41, 5.74) is 21.6. The molecule has 0 N–H and O–H groups in total. The average molecular weight is 509 g/mol. The Morgan fingerprint density at radius 2 is 0.846 bits per heavy atom. The molecule has 4 aliphatic carbocycles. The molecule has 4 aliphatic rings. The Hall–Kier alpha value is -3.12. The highest BCUT2D eigenvalue weighted by Gasteiger charge is 2.73. The van der Waals surface area contributed by atoms with Crippen molar-refractivity contribution in [2.75, 3.05) is 0 Å². The third kappa shape index (κ3) is 2.91. The van der Waals surface area contributed by atoms with Gasteiger partial charge >= 0.3 is 0 Å². The smallest absolute Gasteiger partial charge is 0.00621 e. The van der Waals surface area contributed by atoms with Crippen LogP contribution in [0.25, 0.3) is 33.4 Å². The number of hydrogen-bond donors (Lipinski definition) is 0. The van der Waals surface area contributed by atoms with Crippen LogP contribution in [0, 0.1) is 47.0 Å². The standard InChI is InChI=1S/C39H40/c1-23-15-25(3)35(26(4)16-23)29-7-9-31-32-10-8-30(36-27(5)17-24(2)18-28(36)6)20-34(32)39-14-12-37(22-39)11-13-38(39,21-37)33(31)19-29/h7-10,15-20H,11-14,21-22H2,1-6H3. The monoisotopic (exact) mass is 508 g/mol. The van der Waals surface area contributed by atoms with Crippen LogP contribution >= 0.6 is 0 Å². The molecule has 2 unspecified atom stereocenters. The van der Waals surface area contributed by atoms with E-state index in [0.29, 0.717) is 16.2 Å². The summed E-state index contributed by atoms with van der Waals surface area (Å²) in [6, 6.07) is 24.5. The summed E-state index contributed by atoms with van der Waals surface area (Å²) in [5.74, 6) is 0. The quantitative estimate of drug-likeness (QED) is 0.253. The molecule has 0 heteroatoms. The Balaban J connectivity index is 1.38. The van der Waals surface area contributed by atoms with Crippen LogP contribution in [0.3, 0.4) is 0 Å². The van der Waals surface area contributed by atoms with E-state index in [1.54, 1.807) is 11.1 Å². The molecule has 3 bridgehead atoms.